The first-order valence-corrected chi connectivity index (χ1v) is 9.67. The number of rotatable bonds is 7. The SMILES string of the molecule is N=C(N)c1ccc(NC(=O)[C@H](O)[C@H]2OCCN(c3ccc(NC(=O)CO)cc3)C2=O)cc1. The molecule has 1 fully saturated rings. The van der Waals surface area contributed by atoms with Gasteiger partial charge in [-0.1, -0.05) is 0 Å². The number of benzene rings is 2. The molecule has 7 N–H and O–H groups in total. The van der Waals surface area contributed by atoms with Crippen LogP contribution in [0.15, 0.2) is 48.5 Å². The Morgan fingerprint density at radius 1 is 1.12 bits per heavy atom. The lowest BCUT2D eigenvalue weighted by Crippen LogP contribution is -2.55. The van der Waals surface area contributed by atoms with Crippen molar-refractivity contribution in [3.05, 3.63) is 54.1 Å². The number of carbonyl (C=O) groups is 3. The van der Waals surface area contributed by atoms with Gasteiger partial charge in [0.15, 0.2) is 12.2 Å². The first-order chi connectivity index (χ1) is 15.3. The smallest absolute Gasteiger partial charge is 0.259 e. The maximum absolute atomic E-state index is 12.9. The molecule has 3 rings (SSSR count). The minimum absolute atomic E-state index is 0.108. The molecule has 2 aromatic carbocycles. The highest BCUT2D eigenvalue weighted by Crippen LogP contribution is 2.23. The van der Waals surface area contributed by atoms with Crippen LogP contribution in [0, 0.1) is 5.41 Å². The van der Waals surface area contributed by atoms with Gasteiger partial charge in [0.2, 0.25) is 5.91 Å². The molecule has 0 aliphatic carbocycles. The Morgan fingerprint density at radius 2 is 1.72 bits per heavy atom. The predicted molar refractivity (Wildman–Crippen MR) is 116 cm³/mol. The van der Waals surface area contributed by atoms with Crippen molar-refractivity contribution in [3.63, 3.8) is 0 Å². The van der Waals surface area contributed by atoms with Crippen molar-refractivity contribution in [2.45, 2.75) is 12.2 Å². The zero-order chi connectivity index (χ0) is 23.3. The molecule has 1 aliphatic heterocycles. The Balaban J connectivity index is 1.66. The second-order valence-corrected chi connectivity index (χ2v) is 6.96. The molecule has 32 heavy (non-hydrogen) atoms. The minimum Gasteiger partial charge on any atom is -0.387 e. The molecule has 0 radical (unpaired) electrons. The van der Waals surface area contributed by atoms with Crippen LogP contribution in [0.25, 0.3) is 0 Å². The number of nitrogens with two attached hydrogens (primary N) is 1. The Hall–Kier alpha value is -3.80. The van der Waals surface area contributed by atoms with E-state index < -0.39 is 36.5 Å². The van der Waals surface area contributed by atoms with E-state index >= 15 is 0 Å². The summed E-state index contributed by atoms with van der Waals surface area (Å²) >= 11 is 0. The Morgan fingerprint density at radius 3 is 2.31 bits per heavy atom. The van der Waals surface area contributed by atoms with Crippen LogP contribution in [-0.2, 0) is 19.1 Å². The van der Waals surface area contributed by atoms with Gasteiger partial charge in [0.1, 0.15) is 12.4 Å². The monoisotopic (exact) mass is 441 g/mol. The van der Waals surface area contributed by atoms with Gasteiger partial charge < -0.3 is 36.2 Å². The molecule has 168 valence electrons. The predicted octanol–water partition coefficient (Wildman–Crippen LogP) is -0.367. The fraction of sp³-hybridized carbons (Fsp3) is 0.238. The Kier molecular flexibility index (Phi) is 7.15. The maximum Gasteiger partial charge on any atom is 0.259 e. The van der Waals surface area contributed by atoms with E-state index in [-0.39, 0.29) is 19.0 Å². The lowest BCUT2D eigenvalue weighted by Gasteiger charge is -2.34. The van der Waals surface area contributed by atoms with E-state index in [0.717, 1.165) is 0 Å². The number of hydrogen-bond donors (Lipinski definition) is 6. The third kappa shape index (κ3) is 5.27. The van der Waals surface area contributed by atoms with Crippen LogP contribution in [-0.4, -0.2) is 65.7 Å². The van der Waals surface area contributed by atoms with Gasteiger partial charge in [0.25, 0.3) is 11.8 Å². The number of amides is 3. The van der Waals surface area contributed by atoms with Gasteiger partial charge in [-0.05, 0) is 48.5 Å². The summed E-state index contributed by atoms with van der Waals surface area (Å²) in [5.74, 6) is -2.08. The summed E-state index contributed by atoms with van der Waals surface area (Å²) in [6.07, 6.45) is -3.14. The number of nitrogens with one attached hydrogen (secondary N) is 3. The number of nitrogen functional groups attached to an aromatic ring is 1. The van der Waals surface area contributed by atoms with Crippen molar-refractivity contribution in [2.24, 2.45) is 5.73 Å². The highest BCUT2D eigenvalue weighted by atomic mass is 16.5. The molecular weight excluding hydrogens is 418 g/mol. The first-order valence-electron chi connectivity index (χ1n) is 9.67. The van der Waals surface area contributed by atoms with Crippen molar-refractivity contribution in [2.75, 3.05) is 35.3 Å². The van der Waals surface area contributed by atoms with Crippen LogP contribution in [0.5, 0.6) is 0 Å². The molecule has 11 heteroatoms. The average Bonchev–Trinajstić information content (AvgIpc) is 2.79. The molecule has 2 aromatic rings. The highest BCUT2D eigenvalue weighted by molar-refractivity contribution is 6.04. The molecule has 11 nitrogen and oxygen atoms in total. The topological polar surface area (TPSA) is 178 Å². The third-order valence-electron chi connectivity index (χ3n) is 4.75. The van der Waals surface area contributed by atoms with E-state index in [2.05, 4.69) is 10.6 Å². The highest BCUT2D eigenvalue weighted by Gasteiger charge is 2.39. The summed E-state index contributed by atoms with van der Waals surface area (Å²) in [6.45, 7) is -0.318. The van der Waals surface area contributed by atoms with E-state index in [1.165, 1.54) is 17.0 Å². The van der Waals surface area contributed by atoms with Crippen LogP contribution in [0.1, 0.15) is 5.56 Å². The van der Waals surface area contributed by atoms with Crippen LogP contribution in [0.3, 0.4) is 0 Å². The second kappa shape index (κ2) is 10.0. The van der Waals surface area contributed by atoms with Gasteiger partial charge in [-0.15, -0.1) is 0 Å². The molecule has 0 bridgehead atoms. The molecule has 2 atom stereocenters. The zero-order valence-electron chi connectivity index (χ0n) is 16.9. The fourth-order valence-corrected chi connectivity index (χ4v) is 3.10. The number of carbonyl (C=O) groups excluding carboxylic acids is 3. The van der Waals surface area contributed by atoms with E-state index in [0.29, 0.717) is 22.6 Å². The minimum atomic E-state index is -1.75. The van der Waals surface area contributed by atoms with Crippen LogP contribution < -0.4 is 21.3 Å². The van der Waals surface area contributed by atoms with Gasteiger partial charge in [-0.25, -0.2) is 0 Å². The van der Waals surface area contributed by atoms with Crippen molar-refractivity contribution in [1.29, 1.82) is 5.41 Å². The number of amidine groups is 1. The number of nitrogens with zero attached hydrogens (tertiary/aromatic N) is 1. The number of hydrogen-bond acceptors (Lipinski definition) is 7. The van der Waals surface area contributed by atoms with Gasteiger partial charge in [0.05, 0.1) is 6.61 Å². The van der Waals surface area contributed by atoms with Crippen LogP contribution in [0.2, 0.25) is 0 Å². The molecule has 0 aromatic heterocycles. The van der Waals surface area contributed by atoms with E-state index in [9.17, 15) is 19.5 Å². The number of ether oxygens (including phenoxy) is 1. The van der Waals surface area contributed by atoms with Crippen LogP contribution >= 0.6 is 0 Å². The molecule has 3 amide bonds. The number of anilines is 3. The van der Waals surface area contributed by atoms with Crippen LogP contribution in [0.4, 0.5) is 17.1 Å². The van der Waals surface area contributed by atoms with Crippen molar-refractivity contribution >= 4 is 40.6 Å². The lowest BCUT2D eigenvalue weighted by atomic mass is 10.1. The molecule has 1 saturated heterocycles. The number of morpholine rings is 1. The number of aliphatic hydroxyl groups excluding tert-OH is 2. The van der Waals surface area contributed by atoms with Gasteiger partial charge in [0, 0.05) is 29.2 Å². The van der Waals surface area contributed by atoms with E-state index in [1.807, 2.05) is 0 Å². The van der Waals surface area contributed by atoms with Crippen molar-refractivity contribution in [3.8, 4) is 0 Å². The quantitative estimate of drug-likeness (QED) is 0.251. The van der Waals surface area contributed by atoms with Gasteiger partial charge in [-0.3, -0.25) is 19.8 Å². The molecule has 1 heterocycles. The number of aliphatic hydroxyl groups is 2. The summed E-state index contributed by atoms with van der Waals surface area (Å²) in [6, 6.07) is 12.4. The summed E-state index contributed by atoms with van der Waals surface area (Å²) < 4.78 is 5.37. The summed E-state index contributed by atoms with van der Waals surface area (Å²) in [7, 11) is 0. The molecule has 0 spiro atoms. The average molecular weight is 441 g/mol. The molecule has 1 aliphatic rings. The van der Waals surface area contributed by atoms with Crippen molar-refractivity contribution in [1.82, 2.24) is 0 Å². The first kappa shape index (κ1) is 22.9. The van der Waals surface area contributed by atoms with E-state index in [4.69, 9.17) is 21.0 Å². The summed E-state index contributed by atoms with van der Waals surface area (Å²) in [5, 5.41) is 31.6. The largest absolute Gasteiger partial charge is 0.387 e. The summed E-state index contributed by atoms with van der Waals surface area (Å²) in [5.41, 5.74) is 7.17. The molecule has 0 saturated carbocycles. The lowest BCUT2D eigenvalue weighted by molar-refractivity contribution is -0.150. The summed E-state index contributed by atoms with van der Waals surface area (Å²) in [4.78, 5) is 38.0. The van der Waals surface area contributed by atoms with Gasteiger partial charge >= 0.3 is 0 Å². The Labute approximate surface area is 183 Å². The van der Waals surface area contributed by atoms with Gasteiger partial charge in [-0.2, -0.15) is 0 Å². The maximum atomic E-state index is 12.9. The fourth-order valence-electron chi connectivity index (χ4n) is 3.10. The molecular formula is C21H23N5O6. The second-order valence-electron chi connectivity index (χ2n) is 6.96. The zero-order valence-corrected chi connectivity index (χ0v) is 16.9. The normalized spacial score (nSPS) is 16.9. The van der Waals surface area contributed by atoms with E-state index in [1.54, 1.807) is 36.4 Å². The van der Waals surface area contributed by atoms with Crippen molar-refractivity contribution < 1.29 is 29.3 Å². The third-order valence-corrected chi connectivity index (χ3v) is 4.75. The molecule has 0 unspecified atom stereocenters. The standard InChI is InChI=1S/C21H23N5O6/c22-19(23)12-1-3-14(4-2-12)25-20(30)17(29)18-21(31)26(9-10-32-18)15-7-5-13(6-8-15)24-16(28)11-27/h1-8,17-18,27,29H,9-11H2,(H3,22,23)(H,24,28)(H,25,30)/t17-,18-/m1/s1. The Bertz CT molecular complexity index is 1010.